The Kier molecular flexibility index (Phi) is 3.80. The summed E-state index contributed by atoms with van der Waals surface area (Å²) >= 11 is 0. The van der Waals surface area contributed by atoms with E-state index in [2.05, 4.69) is 11.6 Å². The van der Waals surface area contributed by atoms with E-state index in [4.69, 9.17) is 0 Å². The summed E-state index contributed by atoms with van der Waals surface area (Å²) in [5.74, 6) is 3.86. The molecule has 3 nitrogen and oxygen atoms in total. The first-order chi connectivity index (χ1) is 10.9. The van der Waals surface area contributed by atoms with Crippen LogP contribution in [0.2, 0.25) is 0 Å². The van der Waals surface area contributed by atoms with Crippen molar-refractivity contribution < 1.29 is 8.42 Å². The van der Waals surface area contributed by atoms with Gasteiger partial charge in [-0.3, -0.25) is 0 Å². The van der Waals surface area contributed by atoms with Crippen LogP contribution in [-0.4, -0.2) is 14.5 Å². The first-order valence-corrected chi connectivity index (χ1v) is 10.5. The highest BCUT2D eigenvalue weighted by Crippen LogP contribution is 2.57. The number of aryl methyl sites for hydroxylation is 1. The van der Waals surface area contributed by atoms with Crippen LogP contribution < -0.4 is 4.72 Å². The molecule has 4 fully saturated rings. The lowest BCUT2D eigenvalue weighted by atomic mass is 9.51. The predicted octanol–water partition coefficient (Wildman–Crippen LogP) is 3.73. The smallest absolute Gasteiger partial charge is 0.208 e. The van der Waals surface area contributed by atoms with Crippen molar-refractivity contribution in [3.05, 3.63) is 29.8 Å². The van der Waals surface area contributed by atoms with Crippen molar-refractivity contribution in [3.63, 3.8) is 0 Å². The Hall–Kier alpha value is -0.870. The zero-order chi connectivity index (χ0) is 16.2. The van der Waals surface area contributed by atoms with Crippen molar-refractivity contribution in [2.75, 3.05) is 0 Å². The quantitative estimate of drug-likeness (QED) is 0.912. The molecule has 1 aromatic rings. The van der Waals surface area contributed by atoms with Crippen LogP contribution in [0, 0.1) is 36.5 Å². The zero-order valence-electron chi connectivity index (χ0n) is 14.0. The van der Waals surface area contributed by atoms with E-state index >= 15 is 0 Å². The van der Waals surface area contributed by atoms with Crippen molar-refractivity contribution in [1.29, 1.82) is 0 Å². The van der Waals surface area contributed by atoms with Crippen molar-refractivity contribution >= 4 is 10.0 Å². The molecule has 0 aromatic heterocycles. The number of nitrogens with one attached hydrogen (secondary N) is 1. The van der Waals surface area contributed by atoms with E-state index in [1.807, 2.05) is 19.1 Å². The fraction of sp³-hybridized carbons (Fsp3) is 0.684. The molecule has 4 bridgehead atoms. The van der Waals surface area contributed by atoms with Gasteiger partial charge in [-0.25, -0.2) is 13.1 Å². The maximum Gasteiger partial charge on any atom is 0.240 e. The second kappa shape index (κ2) is 5.59. The molecule has 4 saturated carbocycles. The van der Waals surface area contributed by atoms with Crippen LogP contribution in [0.5, 0.6) is 0 Å². The maximum absolute atomic E-state index is 12.7. The SMILES string of the molecule is Cc1ccc(S(=O)(=O)NC(C)C2C3CC4CC(C3)CC2C4)cc1. The molecular formula is C19H27NO2S. The fourth-order valence-corrected chi connectivity index (χ4v) is 7.17. The Morgan fingerprint density at radius 1 is 0.957 bits per heavy atom. The molecule has 4 heteroatoms. The predicted molar refractivity (Wildman–Crippen MR) is 91.5 cm³/mol. The number of sulfonamides is 1. The number of hydrogen-bond acceptors (Lipinski definition) is 2. The second-order valence-electron chi connectivity index (χ2n) is 8.23. The van der Waals surface area contributed by atoms with Gasteiger partial charge in [0.2, 0.25) is 10.0 Å². The molecule has 23 heavy (non-hydrogen) atoms. The van der Waals surface area contributed by atoms with E-state index in [1.54, 1.807) is 12.1 Å². The van der Waals surface area contributed by atoms with E-state index < -0.39 is 10.0 Å². The summed E-state index contributed by atoms with van der Waals surface area (Å²) in [7, 11) is -3.41. The molecule has 5 rings (SSSR count). The van der Waals surface area contributed by atoms with Crippen LogP contribution >= 0.6 is 0 Å². The monoisotopic (exact) mass is 333 g/mol. The average molecular weight is 333 g/mol. The van der Waals surface area contributed by atoms with Gasteiger partial charge in [0, 0.05) is 6.04 Å². The largest absolute Gasteiger partial charge is 0.240 e. The highest BCUT2D eigenvalue weighted by atomic mass is 32.2. The summed E-state index contributed by atoms with van der Waals surface area (Å²) in [5.41, 5.74) is 1.08. The molecule has 0 spiro atoms. The van der Waals surface area contributed by atoms with E-state index in [0.717, 1.165) is 29.2 Å². The molecule has 0 amide bonds. The standard InChI is InChI=1S/C19H27NO2S/c1-12-3-5-18(6-4-12)23(21,22)20-13(2)19-16-8-14-7-15(10-16)11-17(19)9-14/h3-6,13-17,19-20H,7-11H2,1-2H3. The van der Waals surface area contributed by atoms with Crippen molar-refractivity contribution in [3.8, 4) is 0 Å². The lowest BCUT2D eigenvalue weighted by molar-refractivity contribution is -0.0463. The molecule has 1 N–H and O–H groups in total. The van der Waals surface area contributed by atoms with Crippen LogP contribution in [0.3, 0.4) is 0 Å². The molecule has 0 aliphatic heterocycles. The van der Waals surface area contributed by atoms with Gasteiger partial charge < -0.3 is 0 Å². The molecule has 1 aromatic carbocycles. The minimum Gasteiger partial charge on any atom is -0.208 e. The van der Waals surface area contributed by atoms with E-state index in [-0.39, 0.29) is 6.04 Å². The lowest BCUT2D eigenvalue weighted by Crippen LogP contribution is -2.52. The first kappa shape index (κ1) is 15.6. The Bertz CT molecular complexity index is 652. The second-order valence-corrected chi connectivity index (χ2v) is 9.95. The van der Waals surface area contributed by atoms with Crippen LogP contribution in [0.15, 0.2) is 29.2 Å². The molecule has 0 radical (unpaired) electrons. The van der Waals surface area contributed by atoms with Gasteiger partial charge in [-0.1, -0.05) is 17.7 Å². The van der Waals surface area contributed by atoms with Crippen molar-refractivity contribution in [2.24, 2.45) is 29.6 Å². The molecule has 126 valence electrons. The molecule has 0 heterocycles. The van der Waals surface area contributed by atoms with Crippen molar-refractivity contribution in [2.45, 2.75) is 56.9 Å². The maximum atomic E-state index is 12.7. The van der Waals surface area contributed by atoms with Gasteiger partial charge in [-0.2, -0.15) is 0 Å². The summed E-state index contributed by atoms with van der Waals surface area (Å²) in [4.78, 5) is 0.388. The first-order valence-electron chi connectivity index (χ1n) is 9.01. The van der Waals surface area contributed by atoms with Gasteiger partial charge in [0.25, 0.3) is 0 Å². The van der Waals surface area contributed by atoms with Gasteiger partial charge in [-0.05, 0) is 87.7 Å². The Balaban J connectivity index is 1.51. The van der Waals surface area contributed by atoms with Gasteiger partial charge in [0.1, 0.15) is 0 Å². The third-order valence-electron chi connectivity index (χ3n) is 6.55. The topological polar surface area (TPSA) is 46.2 Å². The Morgan fingerprint density at radius 3 is 2.00 bits per heavy atom. The average Bonchev–Trinajstić information content (AvgIpc) is 2.45. The summed E-state index contributed by atoms with van der Waals surface area (Å²) in [6.45, 7) is 4.06. The third-order valence-corrected chi connectivity index (χ3v) is 8.12. The van der Waals surface area contributed by atoms with Gasteiger partial charge in [0.05, 0.1) is 4.90 Å². The molecule has 4 aliphatic carbocycles. The lowest BCUT2D eigenvalue weighted by Gasteiger charge is -2.56. The molecule has 1 unspecified atom stereocenters. The van der Waals surface area contributed by atoms with Crippen LogP contribution in [0.4, 0.5) is 0 Å². The number of hydrogen-bond donors (Lipinski definition) is 1. The number of rotatable bonds is 4. The fourth-order valence-electron chi connectivity index (χ4n) is 5.89. The highest BCUT2D eigenvalue weighted by Gasteiger charge is 2.50. The van der Waals surface area contributed by atoms with Crippen LogP contribution in [0.25, 0.3) is 0 Å². The Labute approximate surface area is 139 Å². The summed E-state index contributed by atoms with van der Waals surface area (Å²) in [6.07, 6.45) is 6.74. The van der Waals surface area contributed by atoms with Gasteiger partial charge in [-0.15, -0.1) is 0 Å². The van der Waals surface area contributed by atoms with Crippen LogP contribution in [0.1, 0.15) is 44.6 Å². The molecule has 0 saturated heterocycles. The Morgan fingerprint density at radius 2 is 1.48 bits per heavy atom. The van der Waals surface area contributed by atoms with Crippen molar-refractivity contribution in [1.82, 2.24) is 4.72 Å². The normalized spacial score (nSPS) is 37.0. The van der Waals surface area contributed by atoms with E-state index in [9.17, 15) is 8.42 Å². The van der Waals surface area contributed by atoms with E-state index in [0.29, 0.717) is 10.8 Å². The minimum atomic E-state index is -3.41. The molecule has 1 atom stereocenters. The molecule has 4 aliphatic rings. The summed E-state index contributed by atoms with van der Waals surface area (Å²) in [6, 6.07) is 7.18. The highest BCUT2D eigenvalue weighted by molar-refractivity contribution is 7.89. The van der Waals surface area contributed by atoms with Gasteiger partial charge in [0.15, 0.2) is 0 Å². The van der Waals surface area contributed by atoms with Crippen LogP contribution in [-0.2, 0) is 10.0 Å². The summed E-state index contributed by atoms with van der Waals surface area (Å²) in [5, 5.41) is 0. The zero-order valence-corrected chi connectivity index (χ0v) is 14.9. The van der Waals surface area contributed by atoms with E-state index in [1.165, 1.54) is 32.1 Å². The number of benzene rings is 1. The minimum absolute atomic E-state index is 0.0382. The summed E-state index contributed by atoms with van der Waals surface area (Å²) < 4.78 is 28.3. The molecular weight excluding hydrogens is 306 g/mol. The third kappa shape index (κ3) is 2.85. The van der Waals surface area contributed by atoms with Gasteiger partial charge >= 0.3 is 0 Å².